The summed E-state index contributed by atoms with van der Waals surface area (Å²) in [5.41, 5.74) is 2.56. The minimum absolute atomic E-state index is 0.213. The van der Waals surface area contributed by atoms with Crippen molar-refractivity contribution in [3.63, 3.8) is 0 Å². The molecule has 132 valence electrons. The summed E-state index contributed by atoms with van der Waals surface area (Å²) in [4.78, 5) is 16.9. The third-order valence-corrected chi connectivity index (χ3v) is 4.25. The number of hydrogen-bond donors (Lipinski definition) is 1. The number of hydrogen-bond acceptors (Lipinski definition) is 3. The molecular weight excluding hydrogens is 336 g/mol. The van der Waals surface area contributed by atoms with E-state index in [0.717, 1.165) is 22.2 Å². The third kappa shape index (κ3) is 3.96. The van der Waals surface area contributed by atoms with Crippen molar-refractivity contribution in [3.8, 4) is 0 Å². The number of nitrogens with one attached hydrogen (secondary N) is 1. The highest BCUT2D eigenvalue weighted by Crippen LogP contribution is 2.21. The van der Waals surface area contributed by atoms with Crippen LogP contribution in [-0.4, -0.2) is 10.9 Å². The average Bonchev–Trinajstić information content (AvgIpc) is 3.15. The minimum Gasteiger partial charge on any atom is -0.457 e. The van der Waals surface area contributed by atoms with Gasteiger partial charge in [0.25, 0.3) is 0 Å². The number of fused-ring (bicyclic) bond motifs is 1. The zero-order chi connectivity index (χ0) is 18.5. The molecule has 0 radical (unpaired) electrons. The predicted molar refractivity (Wildman–Crippen MR) is 106 cm³/mol. The van der Waals surface area contributed by atoms with Crippen LogP contribution in [0, 0.1) is 0 Å². The van der Waals surface area contributed by atoms with Crippen LogP contribution < -0.4 is 5.32 Å². The van der Waals surface area contributed by atoms with Gasteiger partial charge < -0.3 is 9.73 Å². The van der Waals surface area contributed by atoms with Crippen LogP contribution in [-0.2, 0) is 4.79 Å². The number of carbonyl (C=O) groups is 1. The Bertz CT molecular complexity index is 997. The summed E-state index contributed by atoms with van der Waals surface area (Å²) in [5.74, 6) is 0.426. The molecule has 1 atom stereocenters. The Labute approximate surface area is 157 Å². The Kier molecular flexibility index (Phi) is 4.79. The van der Waals surface area contributed by atoms with Crippen molar-refractivity contribution < 1.29 is 9.21 Å². The molecule has 27 heavy (non-hydrogen) atoms. The SMILES string of the molecule is O=C(/C=C/c1cc2ccccc2o1)NC(c1ccccc1)c1ccccn1. The van der Waals surface area contributed by atoms with Crippen LogP contribution in [0.4, 0.5) is 0 Å². The van der Waals surface area contributed by atoms with Gasteiger partial charge in [-0.1, -0.05) is 54.6 Å². The summed E-state index contributed by atoms with van der Waals surface area (Å²) >= 11 is 0. The maximum atomic E-state index is 12.5. The van der Waals surface area contributed by atoms with E-state index in [9.17, 15) is 4.79 Å². The molecule has 2 aromatic carbocycles. The lowest BCUT2D eigenvalue weighted by Gasteiger charge is -2.17. The Hall–Kier alpha value is -3.66. The van der Waals surface area contributed by atoms with E-state index in [1.54, 1.807) is 12.3 Å². The third-order valence-electron chi connectivity index (χ3n) is 4.25. The average molecular weight is 354 g/mol. The van der Waals surface area contributed by atoms with Gasteiger partial charge in [-0.3, -0.25) is 9.78 Å². The lowest BCUT2D eigenvalue weighted by molar-refractivity contribution is -0.116. The number of furan rings is 1. The largest absolute Gasteiger partial charge is 0.457 e. The number of benzene rings is 2. The molecule has 0 saturated heterocycles. The van der Waals surface area contributed by atoms with Crippen molar-refractivity contribution in [2.75, 3.05) is 0 Å². The molecule has 0 bridgehead atoms. The molecule has 1 amide bonds. The number of aromatic nitrogens is 1. The van der Waals surface area contributed by atoms with Gasteiger partial charge in [-0.2, -0.15) is 0 Å². The molecule has 0 aliphatic rings. The number of pyridine rings is 1. The summed E-state index contributed by atoms with van der Waals surface area (Å²) in [7, 11) is 0. The first-order valence-corrected chi connectivity index (χ1v) is 8.72. The highest BCUT2D eigenvalue weighted by atomic mass is 16.3. The van der Waals surface area contributed by atoms with Crippen LogP contribution in [0.3, 0.4) is 0 Å². The van der Waals surface area contributed by atoms with E-state index in [2.05, 4.69) is 10.3 Å². The molecule has 0 saturated carbocycles. The van der Waals surface area contributed by atoms with E-state index in [1.165, 1.54) is 6.08 Å². The van der Waals surface area contributed by atoms with Gasteiger partial charge in [0, 0.05) is 17.7 Å². The second kappa shape index (κ2) is 7.70. The molecule has 2 aromatic heterocycles. The standard InChI is InChI=1S/C23H18N2O2/c26-22(14-13-19-16-18-10-4-5-12-21(18)27-19)25-23(17-8-2-1-3-9-17)20-11-6-7-15-24-20/h1-16,23H,(H,25,26)/b14-13+. The summed E-state index contributed by atoms with van der Waals surface area (Å²) in [6.07, 6.45) is 4.88. The number of rotatable bonds is 5. The van der Waals surface area contributed by atoms with Crippen molar-refractivity contribution in [2.24, 2.45) is 0 Å². The molecule has 4 aromatic rings. The van der Waals surface area contributed by atoms with Crippen LogP contribution in [0.25, 0.3) is 17.0 Å². The number of para-hydroxylation sites is 1. The van der Waals surface area contributed by atoms with Crippen LogP contribution >= 0.6 is 0 Å². The Morgan fingerprint density at radius 3 is 2.52 bits per heavy atom. The van der Waals surface area contributed by atoms with Crippen LogP contribution in [0.2, 0.25) is 0 Å². The second-order valence-corrected chi connectivity index (χ2v) is 6.13. The van der Waals surface area contributed by atoms with Gasteiger partial charge in [0.05, 0.1) is 11.7 Å². The van der Waals surface area contributed by atoms with Crippen molar-refractivity contribution in [3.05, 3.63) is 108 Å². The second-order valence-electron chi connectivity index (χ2n) is 6.13. The van der Waals surface area contributed by atoms with Crippen molar-refractivity contribution >= 4 is 23.0 Å². The first-order valence-electron chi connectivity index (χ1n) is 8.72. The van der Waals surface area contributed by atoms with E-state index < -0.39 is 0 Å². The Morgan fingerprint density at radius 2 is 1.74 bits per heavy atom. The van der Waals surface area contributed by atoms with Gasteiger partial charge in [0.2, 0.25) is 5.91 Å². The Morgan fingerprint density at radius 1 is 0.963 bits per heavy atom. The van der Waals surface area contributed by atoms with Gasteiger partial charge in [-0.15, -0.1) is 0 Å². The van der Waals surface area contributed by atoms with Crippen LogP contribution in [0.5, 0.6) is 0 Å². The quantitative estimate of drug-likeness (QED) is 0.526. The van der Waals surface area contributed by atoms with Gasteiger partial charge in [0.1, 0.15) is 11.3 Å². The minimum atomic E-state index is -0.319. The number of nitrogens with zero attached hydrogens (tertiary/aromatic N) is 1. The molecule has 0 aliphatic heterocycles. The Balaban J connectivity index is 1.54. The van der Waals surface area contributed by atoms with Gasteiger partial charge >= 0.3 is 0 Å². The smallest absolute Gasteiger partial charge is 0.244 e. The van der Waals surface area contributed by atoms with E-state index >= 15 is 0 Å². The van der Waals surface area contributed by atoms with Crippen molar-refractivity contribution in [1.29, 1.82) is 0 Å². The van der Waals surface area contributed by atoms with E-state index in [0.29, 0.717) is 5.76 Å². The topological polar surface area (TPSA) is 55.1 Å². The summed E-state index contributed by atoms with van der Waals surface area (Å²) in [6, 6.07) is 24.8. The van der Waals surface area contributed by atoms with E-state index in [-0.39, 0.29) is 11.9 Å². The summed E-state index contributed by atoms with van der Waals surface area (Å²) in [6.45, 7) is 0. The monoisotopic (exact) mass is 354 g/mol. The number of carbonyl (C=O) groups excluding carboxylic acids is 1. The van der Waals surface area contributed by atoms with Crippen LogP contribution in [0.1, 0.15) is 23.1 Å². The van der Waals surface area contributed by atoms with Gasteiger partial charge in [0.15, 0.2) is 0 Å². The normalized spacial score (nSPS) is 12.3. The lowest BCUT2D eigenvalue weighted by atomic mass is 10.0. The maximum absolute atomic E-state index is 12.5. The molecule has 1 unspecified atom stereocenters. The molecule has 2 heterocycles. The molecule has 0 fully saturated rings. The highest BCUT2D eigenvalue weighted by Gasteiger charge is 2.16. The zero-order valence-electron chi connectivity index (χ0n) is 14.6. The molecule has 1 N–H and O–H groups in total. The van der Waals surface area contributed by atoms with E-state index in [4.69, 9.17) is 4.42 Å². The fourth-order valence-electron chi connectivity index (χ4n) is 2.95. The molecule has 4 rings (SSSR count). The first-order chi connectivity index (χ1) is 13.3. The lowest BCUT2D eigenvalue weighted by Crippen LogP contribution is -2.28. The zero-order valence-corrected chi connectivity index (χ0v) is 14.6. The van der Waals surface area contributed by atoms with Crippen molar-refractivity contribution in [1.82, 2.24) is 10.3 Å². The van der Waals surface area contributed by atoms with E-state index in [1.807, 2.05) is 78.9 Å². The summed E-state index contributed by atoms with van der Waals surface area (Å²) < 4.78 is 5.71. The fraction of sp³-hybridized carbons (Fsp3) is 0.0435. The molecular formula is C23H18N2O2. The maximum Gasteiger partial charge on any atom is 0.244 e. The molecule has 0 aliphatic carbocycles. The summed E-state index contributed by atoms with van der Waals surface area (Å²) in [5, 5.41) is 4.03. The van der Waals surface area contributed by atoms with Crippen molar-refractivity contribution in [2.45, 2.75) is 6.04 Å². The highest BCUT2D eigenvalue weighted by molar-refractivity contribution is 5.92. The first kappa shape index (κ1) is 16.8. The molecule has 4 nitrogen and oxygen atoms in total. The fourth-order valence-corrected chi connectivity index (χ4v) is 2.95. The molecule has 4 heteroatoms. The molecule has 0 spiro atoms. The predicted octanol–water partition coefficient (Wildman–Crippen LogP) is 4.75. The van der Waals surface area contributed by atoms with Gasteiger partial charge in [-0.05, 0) is 35.9 Å². The van der Waals surface area contributed by atoms with Crippen LogP contribution in [0.15, 0.2) is 95.6 Å². The van der Waals surface area contributed by atoms with Gasteiger partial charge in [-0.25, -0.2) is 0 Å². The number of amides is 1.